The van der Waals surface area contributed by atoms with E-state index in [4.69, 9.17) is 0 Å². The lowest BCUT2D eigenvalue weighted by molar-refractivity contribution is -0.114. The maximum atomic E-state index is 11.8. The van der Waals surface area contributed by atoms with Crippen molar-refractivity contribution in [1.82, 2.24) is 0 Å². The summed E-state index contributed by atoms with van der Waals surface area (Å²) >= 11 is 0. The van der Waals surface area contributed by atoms with Crippen LogP contribution in [0.3, 0.4) is 0 Å². The van der Waals surface area contributed by atoms with Gasteiger partial charge < -0.3 is 5.11 Å². The number of hydrogen-bond donors (Lipinski definition) is 1. The van der Waals surface area contributed by atoms with Gasteiger partial charge in [0.1, 0.15) is 0 Å². The van der Waals surface area contributed by atoms with Gasteiger partial charge in [0.2, 0.25) is 0 Å². The van der Waals surface area contributed by atoms with Gasteiger partial charge in [-0.2, -0.15) is 0 Å². The number of rotatable bonds is 3. The zero-order valence-corrected chi connectivity index (χ0v) is 14.7. The van der Waals surface area contributed by atoms with Gasteiger partial charge in [-0.1, -0.05) is 25.2 Å². The molecular formula is C22H28O2. The van der Waals surface area contributed by atoms with E-state index in [0.29, 0.717) is 24.7 Å². The molecule has 24 heavy (non-hydrogen) atoms. The molecule has 0 spiro atoms. The Kier molecular flexibility index (Phi) is 3.72. The molecule has 1 N–H and O–H groups in total. The van der Waals surface area contributed by atoms with Gasteiger partial charge in [0.15, 0.2) is 5.78 Å². The van der Waals surface area contributed by atoms with Crippen molar-refractivity contribution in [1.29, 1.82) is 0 Å². The van der Waals surface area contributed by atoms with E-state index in [2.05, 4.69) is 25.7 Å². The number of ketones is 1. The topological polar surface area (TPSA) is 37.3 Å². The van der Waals surface area contributed by atoms with Crippen LogP contribution in [-0.2, 0) is 4.79 Å². The van der Waals surface area contributed by atoms with Crippen molar-refractivity contribution in [2.45, 2.75) is 63.9 Å². The minimum atomic E-state index is -0.639. The van der Waals surface area contributed by atoms with Gasteiger partial charge in [-0.25, -0.2) is 0 Å². The first-order valence-electron chi connectivity index (χ1n) is 9.54. The SMILES string of the molecule is C=CC[C@]1(O)CC[C@@H]2[C@H]3CCC4=CC(=O)CCC4=C3C=C[C@@]21CC. The van der Waals surface area contributed by atoms with Crippen LogP contribution in [-0.4, -0.2) is 16.5 Å². The normalized spacial score (nSPS) is 40.8. The zero-order chi connectivity index (χ0) is 16.9. The molecule has 4 aliphatic carbocycles. The van der Waals surface area contributed by atoms with Crippen molar-refractivity contribution >= 4 is 5.78 Å². The Morgan fingerprint density at radius 2 is 2.17 bits per heavy atom. The van der Waals surface area contributed by atoms with E-state index < -0.39 is 5.60 Å². The standard InChI is InChI=1S/C22H28O2/c1-3-11-22(24)13-10-20-19-7-5-15-14-16(23)6-8-17(15)18(19)9-12-21(20,22)4-2/h3,9,12,14,19-20,24H,1,4-8,10-11,13H2,2H3/t19-,20+,21-,22-/m0/s1. The number of carbonyl (C=O) groups is 1. The second-order valence-corrected chi connectivity index (χ2v) is 8.11. The van der Waals surface area contributed by atoms with Crippen LogP contribution in [0.4, 0.5) is 0 Å². The van der Waals surface area contributed by atoms with Crippen LogP contribution in [0.2, 0.25) is 0 Å². The van der Waals surface area contributed by atoms with E-state index >= 15 is 0 Å². The zero-order valence-electron chi connectivity index (χ0n) is 14.7. The van der Waals surface area contributed by atoms with Crippen molar-refractivity contribution in [3.8, 4) is 0 Å². The number of fused-ring (bicyclic) bond motifs is 4. The predicted octanol–water partition coefficient (Wildman–Crippen LogP) is 4.67. The molecule has 4 aliphatic rings. The van der Waals surface area contributed by atoms with Crippen molar-refractivity contribution < 1.29 is 9.90 Å². The van der Waals surface area contributed by atoms with E-state index in [1.165, 1.54) is 16.7 Å². The lowest BCUT2D eigenvalue weighted by Gasteiger charge is -2.50. The molecule has 2 heteroatoms. The largest absolute Gasteiger partial charge is 0.389 e. The van der Waals surface area contributed by atoms with Gasteiger partial charge in [-0.15, -0.1) is 6.58 Å². The molecule has 0 aromatic carbocycles. The Bertz CT molecular complexity index is 680. The Morgan fingerprint density at radius 3 is 2.92 bits per heavy atom. The molecule has 0 amide bonds. The second kappa shape index (κ2) is 5.56. The van der Waals surface area contributed by atoms with E-state index in [0.717, 1.165) is 38.5 Å². The predicted molar refractivity (Wildman–Crippen MR) is 96.4 cm³/mol. The Labute approximate surface area is 145 Å². The average molecular weight is 324 g/mol. The third-order valence-corrected chi connectivity index (χ3v) is 7.33. The molecule has 1 saturated carbocycles. The second-order valence-electron chi connectivity index (χ2n) is 8.11. The van der Waals surface area contributed by atoms with Gasteiger partial charge in [-0.05, 0) is 79.6 Å². The molecule has 4 rings (SSSR count). The van der Waals surface area contributed by atoms with Crippen molar-refractivity contribution in [3.05, 3.63) is 47.6 Å². The molecule has 0 heterocycles. The van der Waals surface area contributed by atoms with E-state index in [9.17, 15) is 9.90 Å². The Morgan fingerprint density at radius 1 is 1.33 bits per heavy atom. The molecule has 0 aliphatic heterocycles. The first-order valence-corrected chi connectivity index (χ1v) is 9.54. The third kappa shape index (κ3) is 2.02. The molecular weight excluding hydrogens is 296 g/mol. The molecule has 128 valence electrons. The summed E-state index contributed by atoms with van der Waals surface area (Å²) in [5.74, 6) is 1.37. The minimum Gasteiger partial charge on any atom is -0.389 e. The van der Waals surface area contributed by atoms with Crippen LogP contribution in [0.25, 0.3) is 0 Å². The highest BCUT2D eigenvalue weighted by atomic mass is 16.3. The fourth-order valence-electron chi connectivity index (χ4n) is 6.19. The quantitative estimate of drug-likeness (QED) is 0.766. The maximum absolute atomic E-state index is 11.8. The van der Waals surface area contributed by atoms with E-state index in [1.54, 1.807) is 0 Å². The molecule has 2 nitrogen and oxygen atoms in total. The van der Waals surface area contributed by atoms with Gasteiger partial charge in [0.25, 0.3) is 0 Å². The fraction of sp³-hybridized carbons (Fsp3) is 0.591. The highest BCUT2D eigenvalue weighted by molar-refractivity contribution is 5.93. The molecule has 0 bridgehead atoms. The smallest absolute Gasteiger partial charge is 0.156 e. The molecule has 0 aromatic heterocycles. The minimum absolute atomic E-state index is 0.110. The lowest BCUT2D eigenvalue weighted by Crippen LogP contribution is -2.49. The van der Waals surface area contributed by atoms with Crippen LogP contribution in [0, 0.1) is 17.3 Å². The highest BCUT2D eigenvalue weighted by Gasteiger charge is 2.60. The van der Waals surface area contributed by atoms with Crippen molar-refractivity contribution in [3.63, 3.8) is 0 Å². The van der Waals surface area contributed by atoms with Crippen LogP contribution >= 0.6 is 0 Å². The average Bonchev–Trinajstić information content (AvgIpc) is 2.88. The van der Waals surface area contributed by atoms with Gasteiger partial charge in [-0.3, -0.25) is 4.79 Å². The molecule has 0 aromatic rings. The summed E-state index contributed by atoms with van der Waals surface area (Å²) < 4.78 is 0. The third-order valence-electron chi connectivity index (χ3n) is 7.33. The number of allylic oxidation sites excluding steroid dienone is 5. The Hall–Kier alpha value is -1.41. The first kappa shape index (κ1) is 16.1. The Balaban J connectivity index is 1.81. The molecule has 0 unspecified atom stereocenters. The van der Waals surface area contributed by atoms with E-state index in [-0.39, 0.29) is 11.2 Å². The number of hydrogen-bond acceptors (Lipinski definition) is 2. The summed E-state index contributed by atoms with van der Waals surface area (Å²) in [6.07, 6.45) is 15.8. The number of carbonyl (C=O) groups excluding carboxylic acids is 1. The van der Waals surface area contributed by atoms with Gasteiger partial charge >= 0.3 is 0 Å². The summed E-state index contributed by atoms with van der Waals surface area (Å²) in [4.78, 5) is 11.8. The first-order chi connectivity index (χ1) is 11.5. The summed E-state index contributed by atoms with van der Waals surface area (Å²) in [6.45, 7) is 6.11. The number of aliphatic hydroxyl groups is 1. The van der Waals surface area contributed by atoms with E-state index in [1.807, 2.05) is 12.2 Å². The van der Waals surface area contributed by atoms with Gasteiger partial charge in [0, 0.05) is 11.8 Å². The molecule has 0 saturated heterocycles. The molecule has 0 radical (unpaired) electrons. The molecule has 4 atom stereocenters. The summed E-state index contributed by atoms with van der Waals surface area (Å²) in [7, 11) is 0. The van der Waals surface area contributed by atoms with Crippen LogP contribution in [0.15, 0.2) is 47.6 Å². The summed E-state index contributed by atoms with van der Waals surface area (Å²) in [5.41, 5.74) is 3.44. The fourth-order valence-corrected chi connectivity index (χ4v) is 6.19. The monoisotopic (exact) mass is 324 g/mol. The van der Waals surface area contributed by atoms with Crippen LogP contribution in [0.5, 0.6) is 0 Å². The summed E-state index contributed by atoms with van der Waals surface area (Å²) in [5, 5.41) is 11.4. The van der Waals surface area contributed by atoms with Gasteiger partial charge in [0.05, 0.1) is 5.60 Å². The molecule has 1 fully saturated rings. The van der Waals surface area contributed by atoms with Crippen LogP contribution in [0.1, 0.15) is 58.3 Å². The van der Waals surface area contributed by atoms with Crippen LogP contribution < -0.4 is 0 Å². The summed E-state index contributed by atoms with van der Waals surface area (Å²) in [6, 6.07) is 0. The highest BCUT2D eigenvalue weighted by Crippen LogP contribution is 2.63. The lowest BCUT2D eigenvalue weighted by atomic mass is 9.56. The van der Waals surface area contributed by atoms with Crippen molar-refractivity contribution in [2.24, 2.45) is 17.3 Å². The van der Waals surface area contributed by atoms with Crippen molar-refractivity contribution in [2.75, 3.05) is 0 Å². The maximum Gasteiger partial charge on any atom is 0.156 e.